The summed E-state index contributed by atoms with van der Waals surface area (Å²) in [6.07, 6.45) is 0.265. The van der Waals surface area contributed by atoms with Crippen LogP contribution in [-0.2, 0) is 18.3 Å². The number of nitrogens with zero attached hydrogens (tertiary/aromatic N) is 2. The van der Waals surface area contributed by atoms with Gasteiger partial charge in [0.2, 0.25) is 0 Å². The van der Waals surface area contributed by atoms with E-state index in [-0.39, 0.29) is 12.3 Å². The molecule has 5 nitrogen and oxygen atoms in total. The zero-order valence-electron chi connectivity index (χ0n) is 13.8. The average Bonchev–Trinajstić information content (AvgIpc) is 2.90. The SMILES string of the molecule is COc1ccc(CC(=O)N=c2sc3cc(OC)ccc3n2C)cc1. The Morgan fingerprint density at radius 1 is 1.08 bits per heavy atom. The van der Waals surface area contributed by atoms with Gasteiger partial charge in [-0.15, -0.1) is 0 Å². The van der Waals surface area contributed by atoms with E-state index < -0.39 is 0 Å². The van der Waals surface area contributed by atoms with Crippen LogP contribution in [0, 0.1) is 0 Å². The van der Waals surface area contributed by atoms with Gasteiger partial charge in [-0.05, 0) is 35.9 Å². The smallest absolute Gasteiger partial charge is 0.252 e. The fourth-order valence-corrected chi connectivity index (χ4v) is 3.48. The second kappa shape index (κ2) is 6.88. The largest absolute Gasteiger partial charge is 0.497 e. The molecular formula is C18H18N2O3S. The molecule has 1 heterocycles. The number of hydrogen-bond donors (Lipinski definition) is 0. The Hall–Kier alpha value is -2.60. The van der Waals surface area contributed by atoms with Gasteiger partial charge in [-0.3, -0.25) is 4.79 Å². The number of amides is 1. The Labute approximate surface area is 143 Å². The molecule has 2 aromatic carbocycles. The van der Waals surface area contributed by atoms with Crippen molar-refractivity contribution in [3.63, 3.8) is 0 Å². The van der Waals surface area contributed by atoms with E-state index in [1.807, 2.05) is 54.1 Å². The molecule has 0 saturated heterocycles. The zero-order valence-corrected chi connectivity index (χ0v) is 14.6. The third kappa shape index (κ3) is 3.33. The van der Waals surface area contributed by atoms with Crippen LogP contribution in [0.2, 0.25) is 0 Å². The summed E-state index contributed by atoms with van der Waals surface area (Å²) in [5, 5.41) is 0. The monoisotopic (exact) mass is 342 g/mol. The van der Waals surface area contributed by atoms with Crippen molar-refractivity contribution in [1.82, 2.24) is 4.57 Å². The summed E-state index contributed by atoms with van der Waals surface area (Å²) in [7, 11) is 5.16. The first-order valence-corrected chi connectivity index (χ1v) is 8.26. The van der Waals surface area contributed by atoms with Crippen LogP contribution in [0.3, 0.4) is 0 Å². The van der Waals surface area contributed by atoms with Gasteiger partial charge in [0, 0.05) is 7.05 Å². The number of thiazole rings is 1. The number of rotatable bonds is 4. The molecule has 124 valence electrons. The second-order valence-electron chi connectivity index (χ2n) is 5.31. The van der Waals surface area contributed by atoms with Crippen LogP contribution in [0.4, 0.5) is 0 Å². The van der Waals surface area contributed by atoms with Gasteiger partial charge in [0.15, 0.2) is 4.80 Å². The summed E-state index contributed by atoms with van der Waals surface area (Å²) >= 11 is 1.47. The molecule has 0 aliphatic rings. The van der Waals surface area contributed by atoms with Crippen LogP contribution in [-0.4, -0.2) is 24.7 Å². The Kier molecular flexibility index (Phi) is 4.66. The van der Waals surface area contributed by atoms with Gasteiger partial charge in [-0.25, -0.2) is 0 Å². The highest BCUT2D eigenvalue weighted by Gasteiger charge is 2.07. The van der Waals surface area contributed by atoms with E-state index in [0.29, 0.717) is 4.80 Å². The van der Waals surface area contributed by atoms with Crippen LogP contribution in [0.1, 0.15) is 5.56 Å². The molecule has 1 amide bonds. The average molecular weight is 342 g/mol. The van der Waals surface area contributed by atoms with Crippen molar-refractivity contribution in [1.29, 1.82) is 0 Å². The van der Waals surface area contributed by atoms with Crippen molar-refractivity contribution >= 4 is 27.5 Å². The fraction of sp³-hybridized carbons (Fsp3) is 0.222. The maximum atomic E-state index is 12.3. The molecule has 0 N–H and O–H groups in total. The van der Waals surface area contributed by atoms with Crippen molar-refractivity contribution in [2.75, 3.05) is 14.2 Å². The normalized spacial score (nSPS) is 11.7. The van der Waals surface area contributed by atoms with Crippen LogP contribution >= 0.6 is 11.3 Å². The summed E-state index contributed by atoms with van der Waals surface area (Å²) in [6.45, 7) is 0. The lowest BCUT2D eigenvalue weighted by Gasteiger charge is -2.01. The molecule has 24 heavy (non-hydrogen) atoms. The van der Waals surface area contributed by atoms with Gasteiger partial charge in [-0.2, -0.15) is 4.99 Å². The molecule has 0 aliphatic heterocycles. The number of aryl methyl sites for hydroxylation is 1. The molecule has 1 aromatic heterocycles. The molecule has 0 spiro atoms. The molecule has 0 saturated carbocycles. The van der Waals surface area contributed by atoms with E-state index >= 15 is 0 Å². The molecule has 0 atom stereocenters. The molecule has 6 heteroatoms. The first kappa shape index (κ1) is 16.3. The van der Waals surface area contributed by atoms with E-state index in [2.05, 4.69) is 4.99 Å². The minimum Gasteiger partial charge on any atom is -0.497 e. The predicted octanol–water partition coefficient (Wildman–Crippen LogP) is 2.93. The number of carbonyl (C=O) groups excluding carboxylic acids is 1. The third-order valence-electron chi connectivity index (χ3n) is 3.75. The molecule has 3 aromatic rings. The summed E-state index contributed by atoms with van der Waals surface area (Å²) in [5.74, 6) is 1.39. The molecule has 0 radical (unpaired) electrons. The first-order valence-electron chi connectivity index (χ1n) is 7.45. The minimum absolute atomic E-state index is 0.172. The van der Waals surface area contributed by atoms with Gasteiger partial charge in [0.05, 0.1) is 30.9 Å². The Bertz CT molecular complexity index is 939. The van der Waals surface area contributed by atoms with E-state index in [1.165, 1.54) is 11.3 Å². The quantitative estimate of drug-likeness (QED) is 0.732. The van der Waals surface area contributed by atoms with Crippen molar-refractivity contribution in [3.05, 3.63) is 52.8 Å². The molecule has 3 rings (SSSR count). The molecular weight excluding hydrogens is 324 g/mol. The lowest BCUT2D eigenvalue weighted by atomic mass is 10.1. The maximum Gasteiger partial charge on any atom is 0.252 e. The number of aromatic nitrogens is 1. The molecule has 0 aliphatic carbocycles. The van der Waals surface area contributed by atoms with E-state index in [0.717, 1.165) is 27.3 Å². The van der Waals surface area contributed by atoms with Crippen LogP contribution in [0.5, 0.6) is 11.5 Å². The summed E-state index contributed by atoms with van der Waals surface area (Å²) < 4.78 is 13.3. The van der Waals surface area contributed by atoms with Crippen LogP contribution < -0.4 is 14.3 Å². The topological polar surface area (TPSA) is 52.8 Å². The van der Waals surface area contributed by atoms with Crippen molar-refractivity contribution in [3.8, 4) is 11.5 Å². The molecule has 0 unspecified atom stereocenters. The number of benzene rings is 2. The van der Waals surface area contributed by atoms with Gasteiger partial charge >= 0.3 is 0 Å². The second-order valence-corrected chi connectivity index (χ2v) is 6.32. The lowest BCUT2D eigenvalue weighted by Crippen LogP contribution is -2.14. The Morgan fingerprint density at radius 3 is 2.42 bits per heavy atom. The maximum absolute atomic E-state index is 12.3. The number of carbonyl (C=O) groups is 1. The number of hydrogen-bond acceptors (Lipinski definition) is 4. The number of fused-ring (bicyclic) bond motifs is 1. The number of ether oxygens (including phenoxy) is 2. The highest BCUT2D eigenvalue weighted by atomic mass is 32.1. The first-order chi connectivity index (χ1) is 11.6. The van der Waals surface area contributed by atoms with Gasteiger partial charge < -0.3 is 14.0 Å². The Balaban J connectivity index is 1.87. The summed E-state index contributed by atoms with van der Waals surface area (Å²) in [4.78, 5) is 17.2. The van der Waals surface area contributed by atoms with Gasteiger partial charge in [-0.1, -0.05) is 23.5 Å². The van der Waals surface area contributed by atoms with Crippen LogP contribution in [0.25, 0.3) is 10.2 Å². The zero-order chi connectivity index (χ0) is 17.1. The highest BCUT2D eigenvalue weighted by Crippen LogP contribution is 2.22. The standard InChI is InChI=1S/C18H18N2O3S/c1-20-15-9-8-14(23-3)11-16(15)24-18(20)19-17(21)10-12-4-6-13(22-2)7-5-12/h4-9,11H,10H2,1-3H3. The number of methoxy groups -OCH3 is 2. The Morgan fingerprint density at radius 2 is 1.75 bits per heavy atom. The third-order valence-corrected chi connectivity index (χ3v) is 4.85. The van der Waals surface area contributed by atoms with Crippen molar-refractivity contribution < 1.29 is 14.3 Å². The molecule has 0 bridgehead atoms. The van der Waals surface area contributed by atoms with Gasteiger partial charge in [0.1, 0.15) is 11.5 Å². The van der Waals surface area contributed by atoms with E-state index in [4.69, 9.17) is 9.47 Å². The van der Waals surface area contributed by atoms with Crippen LogP contribution in [0.15, 0.2) is 47.5 Å². The van der Waals surface area contributed by atoms with Gasteiger partial charge in [0.25, 0.3) is 5.91 Å². The predicted molar refractivity (Wildman–Crippen MR) is 94.6 cm³/mol. The fourth-order valence-electron chi connectivity index (χ4n) is 2.41. The molecule has 0 fully saturated rings. The van der Waals surface area contributed by atoms with E-state index in [9.17, 15) is 4.79 Å². The van der Waals surface area contributed by atoms with E-state index in [1.54, 1.807) is 14.2 Å². The summed E-state index contributed by atoms with van der Waals surface area (Å²) in [6, 6.07) is 13.3. The summed E-state index contributed by atoms with van der Waals surface area (Å²) in [5.41, 5.74) is 1.94. The lowest BCUT2D eigenvalue weighted by molar-refractivity contribution is -0.117. The van der Waals surface area contributed by atoms with Crippen molar-refractivity contribution in [2.45, 2.75) is 6.42 Å². The highest BCUT2D eigenvalue weighted by molar-refractivity contribution is 7.16. The van der Waals surface area contributed by atoms with Crippen molar-refractivity contribution in [2.24, 2.45) is 12.0 Å². The minimum atomic E-state index is -0.172.